The number of nitrogens with zero attached hydrogens (tertiary/aromatic N) is 3. The monoisotopic (exact) mass is 257 g/mol. The molecule has 1 aliphatic rings. The summed E-state index contributed by atoms with van der Waals surface area (Å²) in [7, 11) is 2.07. The maximum absolute atomic E-state index is 12.3. The molecule has 6 nitrogen and oxygen atoms in total. The van der Waals surface area contributed by atoms with Crippen molar-refractivity contribution in [2.45, 2.75) is 13.0 Å². The summed E-state index contributed by atoms with van der Waals surface area (Å²) in [5.41, 5.74) is 3.56. The normalized spacial score (nSPS) is 15.0. The number of rotatable bonds is 2. The zero-order valence-electron chi connectivity index (χ0n) is 10.7. The number of H-pyrrole nitrogens is 1. The van der Waals surface area contributed by atoms with Gasteiger partial charge in [0.25, 0.3) is 5.91 Å². The Morgan fingerprint density at radius 2 is 2.32 bits per heavy atom. The SMILES string of the molecule is CN1CCc2c(cncc2C(=O)Nc2cn[nH]c2)C1. The van der Waals surface area contributed by atoms with Crippen LogP contribution in [0.3, 0.4) is 0 Å². The van der Waals surface area contributed by atoms with E-state index in [-0.39, 0.29) is 5.91 Å². The predicted octanol–water partition coefficient (Wildman–Crippen LogP) is 1.04. The van der Waals surface area contributed by atoms with E-state index in [0.717, 1.165) is 30.6 Å². The van der Waals surface area contributed by atoms with Gasteiger partial charge in [-0.05, 0) is 24.6 Å². The van der Waals surface area contributed by atoms with Crippen molar-refractivity contribution in [3.63, 3.8) is 0 Å². The van der Waals surface area contributed by atoms with E-state index in [1.807, 2.05) is 6.20 Å². The van der Waals surface area contributed by atoms with Crippen LogP contribution in [0.25, 0.3) is 0 Å². The molecule has 2 aromatic heterocycles. The number of pyridine rings is 1. The summed E-state index contributed by atoms with van der Waals surface area (Å²) in [6, 6.07) is 0. The van der Waals surface area contributed by atoms with Gasteiger partial charge in [-0.25, -0.2) is 0 Å². The minimum atomic E-state index is -0.129. The average Bonchev–Trinajstić information content (AvgIpc) is 2.90. The molecule has 6 heteroatoms. The Labute approximate surface area is 110 Å². The lowest BCUT2D eigenvalue weighted by Gasteiger charge is -2.25. The third-order valence-corrected chi connectivity index (χ3v) is 3.33. The highest BCUT2D eigenvalue weighted by Crippen LogP contribution is 2.21. The lowest BCUT2D eigenvalue weighted by atomic mass is 9.97. The van der Waals surface area contributed by atoms with Crippen LogP contribution in [0.2, 0.25) is 0 Å². The molecule has 0 spiro atoms. The van der Waals surface area contributed by atoms with Gasteiger partial charge < -0.3 is 10.2 Å². The Hall–Kier alpha value is -2.21. The first kappa shape index (κ1) is 11.9. The number of amides is 1. The van der Waals surface area contributed by atoms with Crippen LogP contribution in [0.4, 0.5) is 5.69 Å². The second-order valence-corrected chi connectivity index (χ2v) is 4.75. The van der Waals surface area contributed by atoms with E-state index in [0.29, 0.717) is 11.3 Å². The molecule has 98 valence electrons. The van der Waals surface area contributed by atoms with Crippen LogP contribution in [0, 0.1) is 0 Å². The van der Waals surface area contributed by atoms with Gasteiger partial charge in [-0.1, -0.05) is 0 Å². The van der Waals surface area contributed by atoms with E-state index in [4.69, 9.17) is 0 Å². The summed E-state index contributed by atoms with van der Waals surface area (Å²) in [5.74, 6) is -0.129. The number of aromatic amines is 1. The highest BCUT2D eigenvalue weighted by molar-refractivity contribution is 6.05. The molecule has 0 aromatic carbocycles. The van der Waals surface area contributed by atoms with E-state index in [1.165, 1.54) is 0 Å². The molecular formula is C13H15N5O. The van der Waals surface area contributed by atoms with Crippen LogP contribution >= 0.6 is 0 Å². The van der Waals surface area contributed by atoms with Crippen molar-refractivity contribution >= 4 is 11.6 Å². The number of likely N-dealkylation sites (N-methyl/N-ethyl adjacent to an activating group) is 1. The average molecular weight is 257 g/mol. The molecule has 1 aliphatic heterocycles. The van der Waals surface area contributed by atoms with Gasteiger partial charge in [-0.2, -0.15) is 5.10 Å². The minimum absolute atomic E-state index is 0.129. The smallest absolute Gasteiger partial charge is 0.257 e. The summed E-state index contributed by atoms with van der Waals surface area (Å²) in [6.07, 6.45) is 7.59. The molecule has 19 heavy (non-hydrogen) atoms. The minimum Gasteiger partial charge on any atom is -0.319 e. The van der Waals surface area contributed by atoms with E-state index >= 15 is 0 Å². The topological polar surface area (TPSA) is 73.9 Å². The molecule has 0 fully saturated rings. The fourth-order valence-corrected chi connectivity index (χ4v) is 2.35. The van der Waals surface area contributed by atoms with Gasteiger partial charge in [-0.3, -0.25) is 14.9 Å². The lowest BCUT2D eigenvalue weighted by molar-refractivity contribution is 0.102. The van der Waals surface area contributed by atoms with E-state index in [2.05, 4.69) is 32.4 Å². The highest BCUT2D eigenvalue weighted by Gasteiger charge is 2.20. The molecule has 0 saturated carbocycles. The van der Waals surface area contributed by atoms with Crippen molar-refractivity contribution in [2.24, 2.45) is 0 Å². The van der Waals surface area contributed by atoms with Gasteiger partial charge in [0.05, 0.1) is 17.4 Å². The quantitative estimate of drug-likeness (QED) is 0.843. The summed E-state index contributed by atoms with van der Waals surface area (Å²) in [6.45, 7) is 1.80. The maximum atomic E-state index is 12.3. The number of carbonyl (C=O) groups excluding carboxylic acids is 1. The number of nitrogens with one attached hydrogen (secondary N) is 2. The molecule has 1 amide bonds. The van der Waals surface area contributed by atoms with E-state index in [9.17, 15) is 4.79 Å². The predicted molar refractivity (Wildman–Crippen MR) is 70.8 cm³/mol. The van der Waals surface area contributed by atoms with Gasteiger partial charge in [0.15, 0.2) is 0 Å². The molecule has 0 atom stereocenters. The molecule has 0 saturated heterocycles. The standard InChI is InChI=1S/C13H15N5O/c1-18-3-2-11-9(8-18)4-14-7-12(11)13(19)17-10-5-15-16-6-10/h4-7H,2-3,8H2,1H3,(H,15,16)(H,17,19). The van der Waals surface area contributed by atoms with Crippen LogP contribution in [0.15, 0.2) is 24.8 Å². The number of hydrogen-bond donors (Lipinski definition) is 2. The van der Waals surface area contributed by atoms with E-state index < -0.39 is 0 Å². The van der Waals surface area contributed by atoms with Crippen LogP contribution < -0.4 is 5.32 Å². The molecule has 0 bridgehead atoms. The fourth-order valence-electron chi connectivity index (χ4n) is 2.35. The number of carbonyl (C=O) groups is 1. The molecule has 3 rings (SSSR count). The van der Waals surface area contributed by atoms with Gasteiger partial charge in [-0.15, -0.1) is 0 Å². The third-order valence-electron chi connectivity index (χ3n) is 3.33. The second-order valence-electron chi connectivity index (χ2n) is 4.75. The molecule has 3 heterocycles. The molecule has 2 N–H and O–H groups in total. The molecule has 0 unspecified atom stereocenters. The first-order valence-corrected chi connectivity index (χ1v) is 6.18. The van der Waals surface area contributed by atoms with Gasteiger partial charge in [0.2, 0.25) is 0 Å². The maximum Gasteiger partial charge on any atom is 0.257 e. The largest absolute Gasteiger partial charge is 0.319 e. The summed E-state index contributed by atoms with van der Waals surface area (Å²) < 4.78 is 0. The Morgan fingerprint density at radius 1 is 1.42 bits per heavy atom. The number of aromatic nitrogens is 3. The van der Waals surface area contributed by atoms with Crippen LogP contribution in [-0.4, -0.2) is 39.6 Å². The molecule has 0 radical (unpaired) electrons. The Morgan fingerprint density at radius 3 is 3.11 bits per heavy atom. The van der Waals surface area contributed by atoms with Crippen LogP contribution in [-0.2, 0) is 13.0 Å². The van der Waals surface area contributed by atoms with Crippen LogP contribution in [0.5, 0.6) is 0 Å². The van der Waals surface area contributed by atoms with Crippen molar-refractivity contribution in [2.75, 3.05) is 18.9 Å². The van der Waals surface area contributed by atoms with E-state index in [1.54, 1.807) is 18.6 Å². The van der Waals surface area contributed by atoms with Gasteiger partial charge in [0, 0.05) is 31.7 Å². The highest BCUT2D eigenvalue weighted by atomic mass is 16.1. The lowest BCUT2D eigenvalue weighted by Crippen LogP contribution is -2.29. The van der Waals surface area contributed by atoms with Crippen LogP contribution in [0.1, 0.15) is 21.5 Å². The molecule has 2 aromatic rings. The first-order chi connectivity index (χ1) is 9.24. The Balaban J connectivity index is 1.89. The van der Waals surface area contributed by atoms with Crippen molar-refractivity contribution in [3.8, 4) is 0 Å². The second kappa shape index (κ2) is 4.81. The number of hydrogen-bond acceptors (Lipinski definition) is 4. The van der Waals surface area contributed by atoms with Crippen molar-refractivity contribution in [1.82, 2.24) is 20.1 Å². The summed E-state index contributed by atoms with van der Waals surface area (Å²) in [5, 5.41) is 9.29. The number of fused-ring (bicyclic) bond motifs is 1. The Kier molecular flexibility index (Phi) is 3.00. The van der Waals surface area contributed by atoms with Gasteiger partial charge in [0.1, 0.15) is 0 Å². The first-order valence-electron chi connectivity index (χ1n) is 6.18. The third kappa shape index (κ3) is 2.34. The van der Waals surface area contributed by atoms with Crippen molar-refractivity contribution in [1.29, 1.82) is 0 Å². The van der Waals surface area contributed by atoms with Gasteiger partial charge >= 0.3 is 0 Å². The van der Waals surface area contributed by atoms with Crippen molar-refractivity contribution < 1.29 is 4.79 Å². The summed E-state index contributed by atoms with van der Waals surface area (Å²) >= 11 is 0. The summed E-state index contributed by atoms with van der Waals surface area (Å²) in [4.78, 5) is 18.7. The molecule has 0 aliphatic carbocycles. The Bertz CT molecular complexity index is 593. The fraction of sp³-hybridized carbons (Fsp3) is 0.308. The van der Waals surface area contributed by atoms with Crippen molar-refractivity contribution in [3.05, 3.63) is 41.5 Å². The number of anilines is 1. The zero-order chi connectivity index (χ0) is 13.2. The zero-order valence-corrected chi connectivity index (χ0v) is 10.7. The molecular weight excluding hydrogens is 242 g/mol.